The van der Waals surface area contributed by atoms with Crippen LogP contribution in [0.1, 0.15) is 10.6 Å². The average Bonchev–Trinajstić information content (AvgIpc) is 3.11. The number of hydrogen-bond donors (Lipinski definition) is 1. The van der Waals surface area contributed by atoms with Crippen molar-refractivity contribution < 1.29 is 14.4 Å². The SMILES string of the molecule is O=[N+]([O-])c1cc(C[n+]2c(C=CNc3ccccc3)sc3ccccc32)cc([N+](=O)[O-])c1. The quantitative estimate of drug-likeness (QED) is 0.247. The van der Waals surface area contributed by atoms with Crippen LogP contribution in [0.4, 0.5) is 17.1 Å². The number of nitro benzene ring substituents is 2. The molecule has 0 aliphatic rings. The molecule has 0 saturated carbocycles. The summed E-state index contributed by atoms with van der Waals surface area (Å²) in [5.74, 6) is 0. The lowest BCUT2D eigenvalue weighted by Gasteiger charge is -2.01. The first kappa shape index (κ1) is 20.2. The van der Waals surface area contributed by atoms with Gasteiger partial charge >= 0.3 is 0 Å². The van der Waals surface area contributed by atoms with E-state index in [0.29, 0.717) is 5.56 Å². The Bertz CT molecular complexity index is 1270. The third-order valence-electron chi connectivity index (χ3n) is 4.61. The zero-order valence-electron chi connectivity index (χ0n) is 16.2. The van der Waals surface area contributed by atoms with Crippen molar-refractivity contribution in [2.75, 3.05) is 5.32 Å². The van der Waals surface area contributed by atoms with Gasteiger partial charge in [0.1, 0.15) is 4.70 Å². The van der Waals surface area contributed by atoms with E-state index in [1.54, 1.807) is 11.3 Å². The van der Waals surface area contributed by atoms with Crippen molar-refractivity contribution in [1.29, 1.82) is 0 Å². The number of rotatable bonds is 7. The molecule has 0 aliphatic heterocycles. The van der Waals surface area contributed by atoms with Gasteiger partial charge in [-0.15, -0.1) is 0 Å². The third-order valence-corrected chi connectivity index (χ3v) is 5.74. The van der Waals surface area contributed by atoms with E-state index in [0.717, 1.165) is 27.0 Å². The van der Waals surface area contributed by atoms with Crippen molar-refractivity contribution in [3.05, 3.63) is 110 Å². The highest BCUT2D eigenvalue weighted by Gasteiger charge is 2.22. The number of para-hydroxylation sites is 2. The van der Waals surface area contributed by atoms with Crippen LogP contribution in [0, 0.1) is 20.2 Å². The summed E-state index contributed by atoms with van der Waals surface area (Å²) in [7, 11) is 0. The number of hydrogen-bond acceptors (Lipinski definition) is 6. The van der Waals surface area contributed by atoms with Crippen LogP contribution >= 0.6 is 11.3 Å². The lowest BCUT2D eigenvalue weighted by molar-refractivity contribution is -0.659. The fraction of sp³-hybridized carbons (Fsp3) is 0.0455. The first-order chi connectivity index (χ1) is 15.0. The Morgan fingerprint density at radius 1 is 0.903 bits per heavy atom. The van der Waals surface area contributed by atoms with E-state index in [1.807, 2.05) is 71.4 Å². The summed E-state index contributed by atoms with van der Waals surface area (Å²) in [6.45, 7) is 0.261. The van der Waals surface area contributed by atoms with Gasteiger partial charge in [-0.1, -0.05) is 41.7 Å². The smallest absolute Gasteiger partial charge is 0.276 e. The molecular weight excluding hydrogens is 416 g/mol. The Morgan fingerprint density at radius 3 is 2.23 bits per heavy atom. The van der Waals surface area contributed by atoms with Gasteiger partial charge in [0, 0.05) is 41.7 Å². The molecule has 3 aromatic carbocycles. The largest absolute Gasteiger partial charge is 0.361 e. The van der Waals surface area contributed by atoms with Crippen LogP contribution in [-0.4, -0.2) is 9.85 Å². The predicted octanol–water partition coefficient (Wildman–Crippen LogP) is 5.14. The molecule has 8 nitrogen and oxygen atoms in total. The standard InChI is InChI=1S/C22H16N4O4S/c27-25(28)18-12-16(13-19(14-18)26(29)30)15-24-20-8-4-5-9-21(20)31-22(24)10-11-23-17-6-2-1-3-7-17/h1-14H,15H2/p+1. The average molecular weight is 433 g/mol. The topological polar surface area (TPSA) is 102 Å². The second kappa shape index (κ2) is 8.72. The number of nitrogens with one attached hydrogen (secondary N) is 1. The minimum absolute atomic E-state index is 0.261. The number of nitrogens with zero attached hydrogens (tertiary/aromatic N) is 3. The highest BCUT2D eigenvalue weighted by molar-refractivity contribution is 7.18. The predicted molar refractivity (Wildman–Crippen MR) is 120 cm³/mol. The lowest BCUT2D eigenvalue weighted by atomic mass is 10.1. The van der Waals surface area contributed by atoms with E-state index >= 15 is 0 Å². The van der Waals surface area contributed by atoms with Crippen LogP contribution < -0.4 is 9.88 Å². The van der Waals surface area contributed by atoms with Gasteiger partial charge < -0.3 is 5.32 Å². The second-order valence-electron chi connectivity index (χ2n) is 6.71. The van der Waals surface area contributed by atoms with Crippen molar-refractivity contribution in [3.8, 4) is 0 Å². The number of fused-ring (bicyclic) bond motifs is 1. The number of anilines is 1. The molecule has 31 heavy (non-hydrogen) atoms. The van der Waals surface area contributed by atoms with E-state index in [2.05, 4.69) is 5.32 Å². The number of benzene rings is 3. The number of thiazole rings is 1. The van der Waals surface area contributed by atoms with Crippen molar-refractivity contribution >= 4 is 44.7 Å². The Morgan fingerprint density at radius 2 is 1.55 bits per heavy atom. The van der Waals surface area contributed by atoms with Gasteiger partial charge in [-0.3, -0.25) is 20.2 Å². The van der Waals surface area contributed by atoms with Crippen molar-refractivity contribution in [2.24, 2.45) is 0 Å². The first-order valence-corrected chi connectivity index (χ1v) is 10.2. The number of nitro groups is 2. The molecule has 1 aromatic heterocycles. The molecule has 0 radical (unpaired) electrons. The van der Waals surface area contributed by atoms with Gasteiger partial charge in [0.2, 0.25) is 5.52 Å². The molecule has 0 atom stereocenters. The summed E-state index contributed by atoms with van der Waals surface area (Å²) in [4.78, 5) is 21.3. The molecule has 154 valence electrons. The van der Waals surface area contributed by atoms with E-state index in [1.165, 1.54) is 12.1 Å². The third kappa shape index (κ3) is 4.57. The number of aromatic nitrogens is 1. The molecule has 0 unspecified atom stereocenters. The van der Waals surface area contributed by atoms with Crippen molar-refractivity contribution in [1.82, 2.24) is 0 Å². The summed E-state index contributed by atoms with van der Waals surface area (Å²) >= 11 is 1.57. The Kier molecular flexibility index (Phi) is 5.67. The summed E-state index contributed by atoms with van der Waals surface area (Å²) in [6, 6.07) is 21.2. The van der Waals surface area contributed by atoms with Crippen molar-refractivity contribution in [2.45, 2.75) is 6.54 Å². The molecular formula is C22H17N4O4S+. The van der Waals surface area contributed by atoms with Gasteiger partial charge in [0.05, 0.1) is 15.9 Å². The molecule has 0 amide bonds. The van der Waals surface area contributed by atoms with Crippen LogP contribution in [0.2, 0.25) is 0 Å². The molecule has 0 bridgehead atoms. The minimum atomic E-state index is -0.614. The maximum absolute atomic E-state index is 11.2. The van der Waals surface area contributed by atoms with Gasteiger partial charge in [0.25, 0.3) is 16.4 Å². The van der Waals surface area contributed by atoms with Gasteiger partial charge in [-0.25, -0.2) is 0 Å². The lowest BCUT2D eigenvalue weighted by Crippen LogP contribution is -2.35. The highest BCUT2D eigenvalue weighted by Crippen LogP contribution is 2.25. The summed E-state index contributed by atoms with van der Waals surface area (Å²) < 4.78 is 3.04. The molecule has 1 N–H and O–H groups in total. The van der Waals surface area contributed by atoms with E-state index in [9.17, 15) is 20.2 Å². The van der Waals surface area contributed by atoms with Gasteiger partial charge in [-0.05, 0) is 18.2 Å². The molecule has 0 fully saturated rings. The van der Waals surface area contributed by atoms with Gasteiger partial charge in [0.15, 0.2) is 6.54 Å². The van der Waals surface area contributed by atoms with Crippen LogP contribution in [0.15, 0.2) is 79.0 Å². The molecule has 0 saturated heterocycles. The summed E-state index contributed by atoms with van der Waals surface area (Å²) in [6.07, 6.45) is 3.75. The highest BCUT2D eigenvalue weighted by atomic mass is 32.1. The monoisotopic (exact) mass is 433 g/mol. The normalized spacial score (nSPS) is 11.1. The molecule has 4 aromatic rings. The summed E-state index contributed by atoms with van der Waals surface area (Å²) in [5, 5.41) is 26.6. The van der Waals surface area contributed by atoms with Crippen LogP contribution in [0.5, 0.6) is 0 Å². The van der Waals surface area contributed by atoms with E-state index in [4.69, 9.17) is 0 Å². The van der Waals surface area contributed by atoms with E-state index < -0.39 is 9.85 Å². The molecule has 1 heterocycles. The van der Waals surface area contributed by atoms with Crippen LogP contribution in [-0.2, 0) is 6.54 Å². The molecule has 9 heteroatoms. The molecule has 4 rings (SSSR count). The fourth-order valence-electron chi connectivity index (χ4n) is 3.22. The second-order valence-corrected chi connectivity index (χ2v) is 7.77. The number of non-ortho nitro benzene ring substituents is 2. The van der Waals surface area contributed by atoms with E-state index in [-0.39, 0.29) is 17.9 Å². The molecule has 0 aliphatic carbocycles. The maximum atomic E-state index is 11.2. The van der Waals surface area contributed by atoms with Crippen LogP contribution in [0.3, 0.4) is 0 Å². The Hall–Kier alpha value is -4.11. The first-order valence-electron chi connectivity index (χ1n) is 9.33. The maximum Gasteiger partial charge on any atom is 0.276 e. The zero-order chi connectivity index (χ0) is 21.8. The zero-order valence-corrected chi connectivity index (χ0v) is 17.0. The molecule has 0 spiro atoms. The Balaban J connectivity index is 1.72. The van der Waals surface area contributed by atoms with Gasteiger partial charge in [-0.2, -0.15) is 4.57 Å². The summed E-state index contributed by atoms with van der Waals surface area (Å²) in [5.41, 5.74) is 1.78. The Labute approximate surface area is 181 Å². The minimum Gasteiger partial charge on any atom is -0.361 e. The fourth-order valence-corrected chi connectivity index (χ4v) is 4.29. The van der Waals surface area contributed by atoms with Crippen molar-refractivity contribution in [3.63, 3.8) is 0 Å². The van der Waals surface area contributed by atoms with Crippen LogP contribution in [0.25, 0.3) is 16.3 Å².